The summed E-state index contributed by atoms with van der Waals surface area (Å²) in [6.07, 6.45) is 3.04. The Kier molecular flexibility index (Phi) is 4.95. The van der Waals surface area contributed by atoms with Crippen LogP contribution in [0, 0.1) is 0 Å². The number of nitrogens with one attached hydrogen (secondary N) is 1. The minimum absolute atomic E-state index is 0.0873. The molecule has 0 saturated carbocycles. The monoisotopic (exact) mass is 409 g/mol. The van der Waals surface area contributed by atoms with E-state index in [0.717, 1.165) is 4.31 Å². The summed E-state index contributed by atoms with van der Waals surface area (Å²) >= 11 is 0. The number of pyridine rings is 1. The summed E-state index contributed by atoms with van der Waals surface area (Å²) in [5.74, 6) is 0.0873. The first-order chi connectivity index (χ1) is 12.7. The van der Waals surface area contributed by atoms with Crippen LogP contribution in [0.25, 0.3) is 11.5 Å². The number of aromatic nitrogens is 3. The Balaban J connectivity index is 1.97. The summed E-state index contributed by atoms with van der Waals surface area (Å²) < 4.78 is 58.6. The van der Waals surface area contributed by atoms with Gasteiger partial charge in [-0.3, -0.25) is 4.98 Å². The summed E-state index contributed by atoms with van der Waals surface area (Å²) in [5.41, 5.74) is 0.554. The second-order valence-corrected chi connectivity index (χ2v) is 9.26. The van der Waals surface area contributed by atoms with Crippen LogP contribution < -0.4 is 4.72 Å². The predicted molar refractivity (Wildman–Crippen MR) is 95.7 cm³/mol. The molecule has 0 saturated heterocycles. The van der Waals surface area contributed by atoms with Gasteiger partial charge in [0.2, 0.25) is 15.9 Å². The molecule has 3 rings (SSSR count). The van der Waals surface area contributed by atoms with E-state index in [1.54, 1.807) is 12.1 Å². The van der Waals surface area contributed by atoms with E-state index in [0.29, 0.717) is 5.56 Å². The molecule has 2 aromatic heterocycles. The van der Waals surface area contributed by atoms with Gasteiger partial charge in [-0.1, -0.05) is 17.2 Å². The lowest BCUT2D eigenvalue weighted by Crippen LogP contribution is -2.25. The summed E-state index contributed by atoms with van der Waals surface area (Å²) in [7, 11) is -5.65. The molecule has 0 aliphatic carbocycles. The quantitative estimate of drug-likeness (QED) is 0.641. The molecule has 3 aromatic rings. The van der Waals surface area contributed by atoms with Crippen LogP contribution >= 0.6 is 0 Å². The Bertz CT molecular complexity index is 1160. The first-order valence-corrected chi connectivity index (χ1v) is 10.4. The molecular formula is C15H15N5O5S2. The van der Waals surface area contributed by atoms with Gasteiger partial charge < -0.3 is 4.42 Å². The van der Waals surface area contributed by atoms with Gasteiger partial charge in [-0.05, 0) is 24.3 Å². The average Bonchev–Trinajstić information content (AvgIpc) is 3.10. The second-order valence-electron chi connectivity index (χ2n) is 5.49. The highest BCUT2D eigenvalue weighted by atomic mass is 32.2. The molecule has 0 unspecified atom stereocenters. The number of rotatable bonds is 6. The first-order valence-electron chi connectivity index (χ1n) is 7.50. The van der Waals surface area contributed by atoms with E-state index >= 15 is 0 Å². The molecule has 0 aliphatic heterocycles. The van der Waals surface area contributed by atoms with Crippen molar-refractivity contribution in [1.29, 1.82) is 0 Å². The van der Waals surface area contributed by atoms with E-state index < -0.39 is 24.9 Å². The normalized spacial score (nSPS) is 12.3. The smallest absolute Gasteiger partial charge is 0.330 e. The van der Waals surface area contributed by atoms with Crippen LogP contribution in [0.1, 0.15) is 0 Å². The standard InChI is InChI=1S/C15H15N5O5S2/c1-20(2)27(23,24)13-6-4-3-5-12(13)26(21,22)19-15-18-17-14(25-15)11-7-9-16-10-8-11/h3-10H,1-2H3,(H,18,19). The van der Waals surface area contributed by atoms with Crippen molar-refractivity contribution in [2.75, 3.05) is 18.8 Å². The summed E-state index contributed by atoms with van der Waals surface area (Å²) in [6.45, 7) is 0. The largest absolute Gasteiger partial charge is 0.403 e. The Labute approximate surface area is 156 Å². The lowest BCUT2D eigenvalue weighted by atomic mass is 10.3. The zero-order valence-corrected chi connectivity index (χ0v) is 15.9. The minimum Gasteiger partial charge on any atom is -0.403 e. The summed E-state index contributed by atoms with van der Waals surface area (Å²) in [5, 5.41) is 7.41. The molecule has 0 spiro atoms. The third kappa shape index (κ3) is 3.82. The average molecular weight is 409 g/mol. The maximum Gasteiger partial charge on any atom is 0.330 e. The first kappa shape index (κ1) is 18.9. The van der Waals surface area contributed by atoms with E-state index in [-0.39, 0.29) is 16.8 Å². The Hall–Kier alpha value is -2.83. The lowest BCUT2D eigenvalue weighted by molar-refractivity contribution is 0.517. The van der Waals surface area contributed by atoms with Gasteiger partial charge in [0, 0.05) is 32.1 Å². The fourth-order valence-corrected chi connectivity index (χ4v) is 4.75. The van der Waals surface area contributed by atoms with E-state index in [9.17, 15) is 16.8 Å². The minimum atomic E-state index is -4.29. The molecule has 10 nitrogen and oxygen atoms in total. The van der Waals surface area contributed by atoms with Gasteiger partial charge >= 0.3 is 6.01 Å². The number of anilines is 1. The SMILES string of the molecule is CN(C)S(=O)(=O)c1ccccc1S(=O)(=O)Nc1nnc(-c2ccncc2)o1. The van der Waals surface area contributed by atoms with Gasteiger partial charge in [0.1, 0.15) is 9.79 Å². The Morgan fingerprint density at radius 2 is 1.56 bits per heavy atom. The highest BCUT2D eigenvalue weighted by molar-refractivity contribution is 7.94. The van der Waals surface area contributed by atoms with Gasteiger partial charge in [0.05, 0.1) is 0 Å². The highest BCUT2D eigenvalue weighted by Gasteiger charge is 2.29. The molecular weight excluding hydrogens is 394 g/mol. The van der Waals surface area contributed by atoms with Crippen molar-refractivity contribution >= 4 is 26.1 Å². The highest BCUT2D eigenvalue weighted by Crippen LogP contribution is 2.26. The van der Waals surface area contributed by atoms with Crippen LogP contribution in [0.5, 0.6) is 0 Å². The van der Waals surface area contributed by atoms with Crippen LogP contribution in [0.4, 0.5) is 6.01 Å². The van der Waals surface area contributed by atoms with E-state index in [2.05, 4.69) is 19.9 Å². The molecule has 0 radical (unpaired) electrons. The number of hydrogen-bond acceptors (Lipinski definition) is 8. The van der Waals surface area contributed by atoms with Crippen LogP contribution in [-0.4, -0.2) is 50.4 Å². The zero-order chi connectivity index (χ0) is 19.7. The molecule has 0 amide bonds. The molecule has 142 valence electrons. The third-order valence-corrected chi connectivity index (χ3v) is 6.85. The molecule has 2 heterocycles. The molecule has 1 N–H and O–H groups in total. The van der Waals surface area contributed by atoms with Crippen molar-refractivity contribution < 1.29 is 21.3 Å². The Morgan fingerprint density at radius 1 is 0.926 bits per heavy atom. The number of sulfonamides is 2. The van der Waals surface area contributed by atoms with Gasteiger partial charge in [-0.2, -0.15) is 0 Å². The van der Waals surface area contributed by atoms with Crippen molar-refractivity contribution in [3.63, 3.8) is 0 Å². The van der Waals surface area contributed by atoms with Crippen LogP contribution in [0.2, 0.25) is 0 Å². The molecule has 0 fully saturated rings. The van der Waals surface area contributed by atoms with Crippen LogP contribution in [0.15, 0.2) is 63.0 Å². The molecule has 12 heteroatoms. The Morgan fingerprint density at radius 3 is 2.19 bits per heavy atom. The van der Waals surface area contributed by atoms with Crippen molar-refractivity contribution in [3.8, 4) is 11.5 Å². The number of nitrogens with zero attached hydrogens (tertiary/aromatic N) is 4. The molecule has 27 heavy (non-hydrogen) atoms. The molecule has 0 bridgehead atoms. The second kappa shape index (κ2) is 7.06. The fraction of sp³-hybridized carbons (Fsp3) is 0.133. The predicted octanol–water partition coefficient (Wildman–Crippen LogP) is 1.18. The maximum absolute atomic E-state index is 12.7. The van der Waals surface area contributed by atoms with Crippen molar-refractivity contribution in [1.82, 2.24) is 19.5 Å². The summed E-state index contributed by atoms with van der Waals surface area (Å²) in [6, 6.07) is 8.08. The van der Waals surface area contributed by atoms with E-state index in [4.69, 9.17) is 4.42 Å². The number of benzene rings is 1. The van der Waals surface area contributed by atoms with Crippen LogP contribution in [-0.2, 0) is 20.0 Å². The third-order valence-electron chi connectivity index (χ3n) is 3.47. The molecule has 0 atom stereocenters. The van der Waals surface area contributed by atoms with E-state index in [1.807, 2.05) is 0 Å². The van der Waals surface area contributed by atoms with Gasteiger partial charge in [0.25, 0.3) is 10.0 Å². The topological polar surface area (TPSA) is 135 Å². The van der Waals surface area contributed by atoms with E-state index in [1.165, 1.54) is 50.8 Å². The lowest BCUT2D eigenvalue weighted by Gasteiger charge is -2.15. The maximum atomic E-state index is 12.7. The van der Waals surface area contributed by atoms with Gasteiger partial charge in [0.15, 0.2) is 0 Å². The van der Waals surface area contributed by atoms with Gasteiger partial charge in [-0.15, -0.1) is 5.10 Å². The fourth-order valence-electron chi connectivity index (χ4n) is 2.13. The molecule has 1 aromatic carbocycles. The van der Waals surface area contributed by atoms with Gasteiger partial charge in [-0.25, -0.2) is 25.9 Å². The van der Waals surface area contributed by atoms with Crippen molar-refractivity contribution in [2.24, 2.45) is 0 Å². The summed E-state index contributed by atoms with van der Waals surface area (Å²) in [4.78, 5) is 3.07. The number of hydrogen-bond donors (Lipinski definition) is 1. The molecule has 0 aliphatic rings. The zero-order valence-electron chi connectivity index (χ0n) is 14.3. The van der Waals surface area contributed by atoms with Crippen molar-refractivity contribution in [2.45, 2.75) is 9.79 Å². The van der Waals surface area contributed by atoms with Crippen LogP contribution in [0.3, 0.4) is 0 Å². The van der Waals surface area contributed by atoms with Crippen molar-refractivity contribution in [3.05, 3.63) is 48.8 Å².